The van der Waals surface area contributed by atoms with E-state index in [9.17, 15) is 0 Å². The number of hydrogen-bond acceptors (Lipinski definition) is 3. The van der Waals surface area contributed by atoms with Crippen molar-refractivity contribution in [2.24, 2.45) is 0 Å². The lowest BCUT2D eigenvalue weighted by Gasteiger charge is -2.27. The van der Waals surface area contributed by atoms with Crippen molar-refractivity contribution in [3.8, 4) is 0 Å². The summed E-state index contributed by atoms with van der Waals surface area (Å²) < 4.78 is 5.48. The molecular formula is C11H15NOS. The molecule has 3 heteroatoms. The van der Waals surface area contributed by atoms with Crippen molar-refractivity contribution in [3.05, 3.63) is 29.3 Å². The molecule has 1 aliphatic rings. The number of ether oxygens (including phenoxy) is 1. The van der Waals surface area contributed by atoms with E-state index in [0.717, 1.165) is 13.1 Å². The molecule has 1 aromatic rings. The molecule has 0 bridgehead atoms. The van der Waals surface area contributed by atoms with Crippen molar-refractivity contribution in [1.82, 2.24) is 5.32 Å². The molecule has 0 amide bonds. The van der Waals surface area contributed by atoms with Crippen LogP contribution in [0.3, 0.4) is 0 Å². The average molecular weight is 209 g/mol. The molecule has 1 unspecified atom stereocenters. The molecule has 1 N–H and O–H groups in total. The van der Waals surface area contributed by atoms with Crippen LogP contribution in [-0.2, 0) is 11.3 Å². The zero-order valence-corrected chi connectivity index (χ0v) is 9.36. The Morgan fingerprint density at radius 1 is 1.50 bits per heavy atom. The summed E-state index contributed by atoms with van der Waals surface area (Å²) in [5.74, 6) is 0. The van der Waals surface area contributed by atoms with Gasteiger partial charge in [-0.25, -0.2) is 0 Å². The van der Waals surface area contributed by atoms with Gasteiger partial charge in [0.05, 0.1) is 6.10 Å². The van der Waals surface area contributed by atoms with Crippen LogP contribution in [0.2, 0.25) is 0 Å². The minimum absolute atomic E-state index is 0.211. The second-order valence-electron chi connectivity index (χ2n) is 3.39. The van der Waals surface area contributed by atoms with Gasteiger partial charge in [-0.2, -0.15) is 0 Å². The minimum atomic E-state index is 0.211. The lowest BCUT2D eigenvalue weighted by atomic mass is 9.99. The quantitative estimate of drug-likeness (QED) is 0.754. The number of thioether (sulfide) groups is 1. The van der Waals surface area contributed by atoms with E-state index in [1.165, 1.54) is 16.0 Å². The van der Waals surface area contributed by atoms with Crippen molar-refractivity contribution in [2.45, 2.75) is 17.5 Å². The van der Waals surface area contributed by atoms with Gasteiger partial charge in [-0.05, 0) is 17.9 Å². The lowest BCUT2D eigenvalue weighted by Crippen LogP contribution is -2.29. The van der Waals surface area contributed by atoms with Gasteiger partial charge in [0.1, 0.15) is 0 Å². The van der Waals surface area contributed by atoms with Gasteiger partial charge in [-0.1, -0.05) is 12.1 Å². The highest BCUT2D eigenvalue weighted by molar-refractivity contribution is 7.98. The van der Waals surface area contributed by atoms with Crippen molar-refractivity contribution < 1.29 is 4.74 Å². The summed E-state index contributed by atoms with van der Waals surface area (Å²) in [6.07, 6.45) is 2.33. The molecule has 0 fully saturated rings. The summed E-state index contributed by atoms with van der Waals surface area (Å²) in [6.45, 7) is 1.88. The summed E-state index contributed by atoms with van der Waals surface area (Å²) in [6, 6.07) is 6.46. The number of benzene rings is 1. The fraction of sp³-hybridized carbons (Fsp3) is 0.455. The second-order valence-corrected chi connectivity index (χ2v) is 4.24. The smallest absolute Gasteiger partial charge is 0.0959 e. The van der Waals surface area contributed by atoms with E-state index in [4.69, 9.17) is 4.74 Å². The third-order valence-electron chi connectivity index (χ3n) is 2.63. The van der Waals surface area contributed by atoms with E-state index in [1.807, 2.05) is 0 Å². The maximum Gasteiger partial charge on any atom is 0.0959 e. The van der Waals surface area contributed by atoms with Gasteiger partial charge in [-0.3, -0.25) is 0 Å². The van der Waals surface area contributed by atoms with Crippen LogP contribution in [-0.4, -0.2) is 19.9 Å². The third kappa shape index (κ3) is 1.67. The van der Waals surface area contributed by atoms with Gasteiger partial charge in [0.15, 0.2) is 0 Å². The number of methoxy groups -OCH3 is 1. The molecule has 0 spiro atoms. The first-order valence-electron chi connectivity index (χ1n) is 4.76. The molecule has 1 aliphatic heterocycles. The molecule has 0 saturated heterocycles. The Hall–Kier alpha value is -0.510. The Morgan fingerprint density at radius 2 is 2.36 bits per heavy atom. The van der Waals surface area contributed by atoms with Gasteiger partial charge in [0.25, 0.3) is 0 Å². The standard InChI is InChI=1S/C11H15NOS/c1-13-9-7-12-6-8-4-3-5-10(14-2)11(8)9/h3-5,9,12H,6-7H2,1-2H3. The molecule has 1 aromatic carbocycles. The molecular weight excluding hydrogens is 194 g/mol. The van der Waals surface area contributed by atoms with E-state index in [2.05, 4.69) is 29.8 Å². The number of rotatable bonds is 2. The van der Waals surface area contributed by atoms with Gasteiger partial charge in [0, 0.05) is 30.7 Å². The first kappa shape index (κ1) is 10.0. The zero-order valence-electron chi connectivity index (χ0n) is 8.54. The van der Waals surface area contributed by atoms with Crippen LogP contribution in [0, 0.1) is 0 Å². The largest absolute Gasteiger partial charge is 0.375 e. The van der Waals surface area contributed by atoms with E-state index in [-0.39, 0.29) is 6.10 Å². The van der Waals surface area contributed by atoms with Crippen LogP contribution < -0.4 is 5.32 Å². The molecule has 1 atom stereocenters. The van der Waals surface area contributed by atoms with Crippen LogP contribution in [0.15, 0.2) is 23.1 Å². The van der Waals surface area contributed by atoms with Crippen LogP contribution in [0.1, 0.15) is 17.2 Å². The van der Waals surface area contributed by atoms with Gasteiger partial charge in [0.2, 0.25) is 0 Å². The number of fused-ring (bicyclic) bond motifs is 1. The van der Waals surface area contributed by atoms with E-state index in [0.29, 0.717) is 0 Å². The normalized spacial score (nSPS) is 20.6. The SMILES string of the molecule is COC1CNCc2cccc(SC)c21. The van der Waals surface area contributed by atoms with Crippen molar-refractivity contribution in [2.75, 3.05) is 19.9 Å². The maximum absolute atomic E-state index is 5.48. The molecule has 14 heavy (non-hydrogen) atoms. The van der Waals surface area contributed by atoms with Crippen molar-refractivity contribution >= 4 is 11.8 Å². The van der Waals surface area contributed by atoms with Gasteiger partial charge < -0.3 is 10.1 Å². The topological polar surface area (TPSA) is 21.3 Å². The highest BCUT2D eigenvalue weighted by Gasteiger charge is 2.21. The van der Waals surface area contributed by atoms with Crippen LogP contribution in [0.5, 0.6) is 0 Å². The van der Waals surface area contributed by atoms with Crippen LogP contribution in [0.4, 0.5) is 0 Å². The van der Waals surface area contributed by atoms with E-state index < -0.39 is 0 Å². The first-order chi connectivity index (χ1) is 6.86. The van der Waals surface area contributed by atoms with Gasteiger partial charge >= 0.3 is 0 Å². The Balaban J connectivity index is 2.46. The summed E-state index contributed by atoms with van der Waals surface area (Å²) >= 11 is 1.79. The molecule has 2 nitrogen and oxygen atoms in total. The highest BCUT2D eigenvalue weighted by atomic mass is 32.2. The Kier molecular flexibility index (Phi) is 3.11. The first-order valence-corrected chi connectivity index (χ1v) is 5.98. The fourth-order valence-electron chi connectivity index (χ4n) is 1.93. The summed E-state index contributed by atoms with van der Waals surface area (Å²) in [5, 5.41) is 3.36. The number of hydrogen-bond donors (Lipinski definition) is 1. The monoisotopic (exact) mass is 209 g/mol. The fourth-order valence-corrected chi connectivity index (χ4v) is 2.63. The van der Waals surface area contributed by atoms with Crippen molar-refractivity contribution in [3.63, 3.8) is 0 Å². The number of nitrogens with one attached hydrogen (secondary N) is 1. The molecule has 0 radical (unpaired) electrons. The Morgan fingerprint density at radius 3 is 3.07 bits per heavy atom. The predicted octanol–water partition coefficient (Wildman–Crippen LogP) is 2.20. The molecule has 76 valence electrons. The molecule has 0 saturated carbocycles. The predicted molar refractivity (Wildman–Crippen MR) is 59.7 cm³/mol. The van der Waals surface area contributed by atoms with Crippen molar-refractivity contribution in [1.29, 1.82) is 0 Å². The van der Waals surface area contributed by atoms with Gasteiger partial charge in [-0.15, -0.1) is 11.8 Å². The molecule has 2 rings (SSSR count). The van der Waals surface area contributed by atoms with E-state index in [1.54, 1.807) is 18.9 Å². The zero-order chi connectivity index (χ0) is 9.97. The molecule has 0 aromatic heterocycles. The summed E-state index contributed by atoms with van der Waals surface area (Å²) in [7, 11) is 1.78. The molecule has 0 aliphatic carbocycles. The highest BCUT2D eigenvalue weighted by Crippen LogP contribution is 2.32. The van der Waals surface area contributed by atoms with Crippen LogP contribution >= 0.6 is 11.8 Å². The van der Waals surface area contributed by atoms with E-state index >= 15 is 0 Å². The summed E-state index contributed by atoms with van der Waals surface area (Å²) in [4.78, 5) is 1.34. The Labute approximate surface area is 89.0 Å². The second kappa shape index (κ2) is 4.34. The summed E-state index contributed by atoms with van der Waals surface area (Å²) in [5.41, 5.74) is 2.75. The minimum Gasteiger partial charge on any atom is -0.375 e. The van der Waals surface area contributed by atoms with Crippen LogP contribution in [0.25, 0.3) is 0 Å². The molecule has 1 heterocycles. The lowest BCUT2D eigenvalue weighted by molar-refractivity contribution is 0.0932. The third-order valence-corrected chi connectivity index (χ3v) is 3.42. The Bertz CT molecular complexity index is 313. The average Bonchev–Trinajstić information content (AvgIpc) is 2.27. The maximum atomic E-state index is 5.48.